The molecule has 3 nitrogen and oxygen atoms in total. The van der Waals surface area contributed by atoms with E-state index in [1.165, 1.54) is 16.7 Å². The van der Waals surface area contributed by atoms with E-state index in [2.05, 4.69) is 17.9 Å². The van der Waals surface area contributed by atoms with E-state index in [1.807, 2.05) is 6.92 Å². The van der Waals surface area contributed by atoms with Crippen molar-refractivity contribution in [2.24, 2.45) is 7.05 Å². The van der Waals surface area contributed by atoms with Gasteiger partial charge in [0.25, 0.3) is 5.56 Å². The molecule has 1 N–H and O–H groups in total. The Morgan fingerprint density at radius 1 is 1.20 bits per heavy atom. The van der Waals surface area contributed by atoms with Gasteiger partial charge in [0.2, 0.25) is 0 Å². The molecule has 0 spiro atoms. The third-order valence-corrected chi connectivity index (χ3v) is 3.74. The van der Waals surface area contributed by atoms with Gasteiger partial charge in [-0.05, 0) is 32.0 Å². The third kappa shape index (κ3) is 6.59. The van der Waals surface area contributed by atoms with E-state index in [0.29, 0.717) is 0 Å². The first-order valence-corrected chi connectivity index (χ1v) is 8.23. The summed E-state index contributed by atoms with van der Waals surface area (Å²) in [5.41, 5.74) is 1.99. The summed E-state index contributed by atoms with van der Waals surface area (Å²) in [6, 6.07) is 6.58. The monoisotopic (exact) mass is 372 g/mol. The molecular formula is C18H23F3N2OS. The minimum Gasteiger partial charge on any atom is -0.317 e. The number of halogens is 3. The topological polar surface area (TPSA) is 34.0 Å². The molecule has 0 radical (unpaired) electrons. The first-order chi connectivity index (χ1) is 11.6. The Kier molecular flexibility index (Phi) is 7.76. The van der Waals surface area contributed by atoms with E-state index < -0.39 is 12.2 Å². The van der Waals surface area contributed by atoms with Crippen molar-refractivity contribution in [1.82, 2.24) is 9.88 Å². The standard InChI is InChI=1S/C11H14F3N.C7H9NOS/c1-3-15-10(11(12,13)14)9-6-4-8(2)5-7-9;1-5-3-6(10)4-8(2)7(5)9/h4-7,10,15H,3H2,1-2H3;3-4,10H,1-2H3/t10-;/m1./s1. The highest BCUT2D eigenvalue weighted by molar-refractivity contribution is 7.80. The van der Waals surface area contributed by atoms with Crippen molar-refractivity contribution in [3.05, 3.63) is 63.6 Å². The molecule has 0 saturated carbocycles. The lowest BCUT2D eigenvalue weighted by Gasteiger charge is -2.21. The molecular weight excluding hydrogens is 349 g/mol. The maximum atomic E-state index is 12.6. The summed E-state index contributed by atoms with van der Waals surface area (Å²) >= 11 is 4.11. The van der Waals surface area contributed by atoms with Gasteiger partial charge >= 0.3 is 6.18 Å². The molecule has 0 aliphatic heterocycles. The van der Waals surface area contributed by atoms with Crippen molar-refractivity contribution >= 4 is 12.6 Å². The molecule has 1 heterocycles. The lowest BCUT2D eigenvalue weighted by molar-refractivity contribution is -0.157. The fraction of sp³-hybridized carbons (Fsp3) is 0.389. The molecule has 0 unspecified atom stereocenters. The Labute approximate surface area is 151 Å². The molecule has 7 heteroatoms. The van der Waals surface area contributed by atoms with Gasteiger partial charge in [-0.3, -0.25) is 4.79 Å². The van der Waals surface area contributed by atoms with Crippen LogP contribution in [0.5, 0.6) is 0 Å². The first-order valence-electron chi connectivity index (χ1n) is 7.79. The van der Waals surface area contributed by atoms with Crippen LogP contribution in [-0.4, -0.2) is 17.3 Å². The number of aryl methyl sites for hydroxylation is 3. The van der Waals surface area contributed by atoms with Gasteiger partial charge in [-0.2, -0.15) is 13.2 Å². The molecule has 0 fully saturated rings. The van der Waals surface area contributed by atoms with Gasteiger partial charge in [-0.1, -0.05) is 36.8 Å². The quantitative estimate of drug-likeness (QED) is 0.792. The van der Waals surface area contributed by atoms with Gasteiger partial charge in [0, 0.05) is 23.7 Å². The molecule has 25 heavy (non-hydrogen) atoms. The normalized spacial score (nSPS) is 12.3. The van der Waals surface area contributed by atoms with Crippen LogP contribution in [0.3, 0.4) is 0 Å². The number of rotatable bonds is 3. The zero-order valence-corrected chi connectivity index (χ0v) is 15.6. The second-order valence-corrected chi connectivity index (χ2v) is 6.26. The van der Waals surface area contributed by atoms with Crippen LogP contribution in [0, 0.1) is 13.8 Å². The number of alkyl halides is 3. The Balaban J connectivity index is 0.000000271. The molecule has 2 aromatic rings. The van der Waals surface area contributed by atoms with E-state index in [0.717, 1.165) is 16.0 Å². The number of benzene rings is 1. The summed E-state index contributed by atoms with van der Waals surface area (Å²) in [6.07, 6.45) is -2.55. The van der Waals surface area contributed by atoms with Crippen LogP contribution in [0.2, 0.25) is 0 Å². The number of aromatic nitrogens is 1. The molecule has 1 aromatic carbocycles. The van der Waals surface area contributed by atoms with Gasteiger partial charge in [0.15, 0.2) is 0 Å². The number of thiol groups is 1. The van der Waals surface area contributed by atoms with E-state index >= 15 is 0 Å². The van der Waals surface area contributed by atoms with Crippen LogP contribution >= 0.6 is 12.6 Å². The Hall–Kier alpha value is -1.73. The summed E-state index contributed by atoms with van der Waals surface area (Å²) < 4.78 is 39.4. The average Bonchev–Trinajstić information content (AvgIpc) is 2.51. The minimum absolute atomic E-state index is 0.0396. The molecule has 0 amide bonds. The highest BCUT2D eigenvalue weighted by Gasteiger charge is 2.39. The van der Waals surface area contributed by atoms with Gasteiger partial charge in [-0.15, -0.1) is 12.6 Å². The summed E-state index contributed by atoms with van der Waals surface area (Å²) in [5, 5.41) is 2.43. The van der Waals surface area contributed by atoms with E-state index in [1.54, 1.807) is 45.3 Å². The predicted octanol–water partition coefficient (Wildman–Crippen LogP) is 4.19. The maximum absolute atomic E-state index is 12.6. The van der Waals surface area contributed by atoms with Gasteiger partial charge < -0.3 is 9.88 Å². The van der Waals surface area contributed by atoms with Crippen LogP contribution in [-0.2, 0) is 7.05 Å². The van der Waals surface area contributed by atoms with Crippen molar-refractivity contribution in [3.8, 4) is 0 Å². The first kappa shape index (κ1) is 21.3. The molecule has 0 aliphatic carbocycles. The fourth-order valence-corrected chi connectivity index (χ4v) is 2.61. The second kappa shape index (κ2) is 9.10. The van der Waals surface area contributed by atoms with E-state index in [4.69, 9.17) is 0 Å². The van der Waals surface area contributed by atoms with Crippen molar-refractivity contribution in [2.45, 2.75) is 37.9 Å². The van der Waals surface area contributed by atoms with Crippen LogP contribution in [0.1, 0.15) is 29.7 Å². The number of pyridine rings is 1. The number of nitrogens with zero attached hydrogens (tertiary/aromatic N) is 1. The lowest BCUT2D eigenvalue weighted by Crippen LogP contribution is -2.33. The molecule has 138 valence electrons. The molecule has 0 saturated heterocycles. The van der Waals surface area contributed by atoms with Crippen LogP contribution in [0.25, 0.3) is 0 Å². The van der Waals surface area contributed by atoms with Crippen molar-refractivity contribution in [1.29, 1.82) is 0 Å². The SMILES string of the molecule is CCN[C@H](c1ccc(C)cc1)C(F)(F)F.Cc1cc(S)cn(C)c1=O. The van der Waals surface area contributed by atoms with Crippen molar-refractivity contribution < 1.29 is 13.2 Å². The molecule has 1 aromatic heterocycles. The largest absolute Gasteiger partial charge is 0.407 e. The lowest BCUT2D eigenvalue weighted by atomic mass is 10.0. The summed E-state index contributed by atoms with van der Waals surface area (Å²) in [7, 11) is 1.72. The van der Waals surface area contributed by atoms with Crippen LogP contribution in [0.4, 0.5) is 13.2 Å². The Bertz CT molecular complexity index is 713. The maximum Gasteiger partial charge on any atom is 0.407 e. The Morgan fingerprint density at radius 2 is 1.76 bits per heavy atom. The molecule has 1 atom stereocenters. The van der Waals surface area contributed by atoms with Gasteiger partial charge in [0.05, 0.1) is 0 Å². The number of hydrogen-bond acceptors (Lipinski definition) is 3. The van der Waals surface area contributed by atoms with Crippen molar-refractivity contribution in [2.75, 3.05) is 6.54 Å². The van der Waals surface area contributed by atoms with Gasteiger partial charge in [0.1, 0.15) is 6.04 Å². The number of nitrogens with one attached hydrogen (secondary N) is 1. The smallest absolute Gasteiger partial charge is 0.317 e. The molecule has 0 bridgehead atoms. The summed E-state index contributed by atoms with van der Waals surface area (Å²) in [5.74, 6) is 0. The highest BCUT2D eigenvalue weighted by atomic mass is 32.1. The van der Waals surface area contributed by atoms with E-state index in [9.17, 15) is 18.0 Å². The average molecular weight is 372 g/mol. The number of hydrogen-bond donors (Lipinski definition) is 2. The molecule has 2 rings (SSSR count). The zero-order valence-electron chi connectivity index (χ0n) is 14.7. The zero-order chi connectivity index (χ0) is 19.2. The van der Waals surface area contributed by atoms with Gasteiger partial charge in [-0.25, -0.2) is 0 Å². The second-order valence-electron chi connectivity index (χ2n) is 5.74. The van der Waals surface area contributed by atoms with E-state index in [-0.39, 0.29) is 17.7 Å². The minimum atomic E-state index is -4.24. The Morgan fingerprint density at radius 3 is 2.20 bits per heavy atom. The van der Waals surface area contributed by atoms with Crippen LogP contribution in [0.15, 0.2) is 46.2 Å². The fourth-order valence-electron chi connectivity index (χ4n) is 2.24. The van der Waals surface area contributed by atoms with Crippen LogP contribution < -0.4 is 10.9 Å². The molecule has 0 aliphatic rings. The van der Waals surface area contributed by atoms with Crippen molar-refractivity contribution in [3.63, 3.8) is 0 Å². The summed E-state index contributed by atoms with van der Waals surface area (Å²) in [6.45, 7) is 5.58. The predicted molar refractivity (Wildman–Crippen MR) is 97.3 cm³/mol. The third-order valence-electron chi connectivity index (χ3n) is 3.49. The summed E-state index contributed by atoms with van der Waals surface area (Å²) in [4.78, 5) is 11.9. The highest BCUT2D eigenvalue weighted by Crippen LogP contribution is 2.32.